The van der Waals surface area contributed by atoms with Gasteiger partial charge in [-0.25, -0.2) is 4.39 Å². The van der Waals surface area contributed by atoms with Crippen molar-refractivity contribution in [3.63, 3.8) is 0 Å². The molecule has 0 radical (unpaired) electrons. The lowest BCUT2D eigenvalue weighted by atomic mass is 10.1. The molecule has 1 aromatic heterocycles. The van der Waals surface area contributed by atoms with Crippen LogP contribution < -0.4 is 10.1 Å². The van der Waals surface area contributed by atoms with Crippen LogP contribution in [-0.4, -0.2) is 19.1 Å². The number of carbonyl (C=O) groups excluding carboxylic acids is 1. The van der Waals surface area contributed by atoms with E-state index in [-0.39, 0.29) is 18.3 Å². The summed E-state index contributed by atoms with van der Waals surface area (Å²) >= 11 is 1.71. The first-order chi connectivity index (χ1) is 11.2. The summed E-state index contributed by atoms with van der Waals surface area (Å²) in [7, 11) is 0. The van der Waals surface area contributed by atoms with Crippen molar-refractivity contribution in [3.8, 4) is 5.75 Å². The topological polar surface area (TPSA) is 38.3 Å². The van der Waals surface area contributed by atoms with Crippen LogP contribution >= 0.6 is 11.3 Å². The summed E-state index contributed by atoms with van der Waals surface area (Å²) in [6.07, 6.45) is 0.784. The van der Waals surface area contributed by atoms with Gasteiger partial charge in [0.1, 0.15) is 11.6 Å². The SMILES string of the molecule is O=C(COc1ccc(F)cc1)NCCc1csc2ccccc12. The Bertz CT molecular complexity index is 798. The van der Waals surface area contributed by atoms with Gasteiger partial charge >= 0.3 is 0 Å². The largest absolute Gasteiger partial charge is 0.484 e. The van der Waals surface area contributed by atoms with Crippen molar-refractivity contribution < 1.29 is 13.9 Å². The van der Waals surface area contributed by atoms with E-state index in [0.717, 1.165) is 6.42 Å². The Morgan fingerprint density at radius 1 is 1.13 bits per heavy atom. The van der Waals surface area contributed by atoms with Gasteiger partial charge in [0.15, 0.2) is 6.61 Å². The van der Waals surface area contributed by atoms with Crippen molar-refractivity contribution in [1.82, 2.24) is 5.32 Å². The normalized spacial score (nSPS) is 10.7. The van der Waals surface area contributed by atoms with E-state index >= 15 is 0 Å². The molecule has 23 heavy (non-hydrogen) atoms. The summed E-state index contributed by atoms with van der Waals surface area (Å²) < 4.78 is 19.3. The van der Waals surface area contributed by atoms with Gasteiger partial charge < -0.3 is 10.1 Å². The smallest absolute Gasteiger partial charge is 0.257 e. The van der Waals surface area contributed by atoms with E-state index < -0.39 is 0 Å². The second-order valence-electron chi connectivity index (χ2n) is 5.10. The quantitative estimate of drug-likeness (QED) is 0.747. The van der Waals surface area contributed by atoms with E-state index in [0.29, 0.717) is 12.3 Å². The summed E-state index contributed by atoms with van der Waals surface area (Å²) in [6, 6.07) is 13.8. The molecular formula is C18H16FNO2S. The molecule has 0 spiro atoms. The van der Waals surface area contributed by atoms with Crippen molar-refractivity contribution >= 4 is 27.3 Å². The lowest BCUT2D eigenvalue weighted by Crippen LogP contribution is -2.30. The van der Waals surface area contributed by atoms with Gasteiger partial charge in [0.05, 0.1) is 0 Å². The van der Waals surface area contributed by atoms with Gasteiger partial charge in [-0.05, 0) is 53.1 Å². The fraction of sp³-hybridized carbons (Fsp3) is 0.167. The molecule has 1 N–H and O–H groups in total. The molecule has 0 aliphatic rings. The molecule has 3 aromatic rings. The molecule has 1 amide bonds. The van der Waals surface area contributed by atoms with Gasteiger partial charge in [0, 0.05) is 11.2 Å². The highest BCUT2D eigenvalue weighted by molar-refractivity contribution is 7.17. The first-order valence-corrected chi connectivity index (χ1v) is 8.20. The number of amides is 1. The van der Waals surface area contributed by atoms with Crippen molar-refractivity contribution in [2.24, 2.45) is 0 Å². The summed E-state index contributed by atoms with van der Waals surface area (Å²) in [5, 5.41) is 6.21. The van der Waals surface area contributed by atoms with Gasteiger partial charge in [-0.1, -0.05) is 18.2 Å². The van der Waals surface area contributed by atoms with Gasteiger partial charge in [0.2, 0.25) is 0 Å². The zero-order valence-corrected chi connectivity index (χ0v) is 13.2. The van der Waals surface area contributed by atoms with Crippen LogP contribution in [0.4, 0.5) is 4.39 Å². The third kappa shape index (κ3) is 4.07. The van der Waals surface area contributed by atoms with Crippen molar-refractivity contribution in [2.75, 3.05) is 13.2 Å². The van der Waals surface area contributed by atoms with Crippen LogP contribution in [0.2, 0.25) is 0 Å². The second kappa shape index (κ2) is 7.24. The number of ether oxygens (including phenoxy) is 1. The Morgan fingerprint density at radius 3 is 2.74 bits per heavy atom. The predicted octanol–water partition coefficient (Wildman–Crippen LogP) is 3.78. The van der Waals surface area contributed by atoms with Crippen LogP contribution in [0, 0.1) is 5.82 Å². The van der Waals surface area contributed by atoms with E-state index in [1.807, 2.05) is 12.1 Å². The maximum atomic E-state index is 12.8. The molecular weight excluding hydrogens is 313 g/mol. The average molecular weight is 329 g/mol. The second-order valence-corrected chi connectivity index (χ2v) is 6.01. The summed E-state index contributed by atoms with van der Waals surface area (Å²) in [4.78, 5) is 11.8. The van der Waals surface area contributed by atoms with Crippen LogP contribution in [-0.2, 0) is 11.2 Å². The number of fused-ring (bicyclic) bond motifs is 1. The molecule has 3 rings (SSSR count). The standard InChI is InChI=1S/C18H16FNO2S/c19-14-5-7-15(8-6-14)22-11-18(21)20-10-9-13-12-23-17-4-2-1-3-16(13)17/h1-8,12H,9-11H2,(H,20,21). The molecule has 0 fully saturated rings. The summed E-state index contributed by atoms with van der Waals surface area (Å²) in [5.41, 5.74) is 1.24. The Kier molecular flexibility index (Phi) is 4.88. The molecule has 2 aromatic carbocycles. The summed E-state index contributed by atoms with van der Waals surface area (Å²) in [5.74, 6) is -0.0379. The lowest BCUT2D eigenvalue weighted by molar-refractivity contribution is -0.123. The minimum atomic E-state index is -0.329. The molecule has 3 nitrogen and oxygen atoms in total. The first-order valence-electron chi connectivity index (χ1n) is 7.32. The molecule has 5 heteroatoms. The Morgan fingerprint density at radius 2 is 1.91 bits per heavy atom. The molecule has 1 heterocycles. The highest BCUT2D eigenvalue weighted by atomic mass is 32.1. The minimum absolute atomic E-state index is 0.0734. The van der Waals surface area contributed by atoms with E-state index in [4.69, 9.17) is 4.74 Å². The highest BCUT2D eigenvalue weighted by Crippen LogP contribution is 2.25. The first kappa shape index (κ1) is 15.5. The number of halogens is 1. The molecule has 0 aliphatic carbocycles. The molecule has 0 saturated carbocycles. The number of benzene rings is 2. The number of rotatable bonds is 6. The molecule has 0 saturated heterocycles. The maximum absolute atomic E-state index is 12.8. The highest BCUT2D eigenvalue weighted by Gasteiger charge is 2.05. The monoisotopic (exact) mass is 329 g/mol. The van der Waals surface area contributed by atoms with E-state index in [1.165, 1.54) is 39.9 Å². The zero-order chi connectivity index (χ0) is 16.1. The van der Waals surface area contributed by atoms with Crippen LogP contribution in [0.15, 0.2) is 53.9 Å². The Balaban J connectivity index is 1.45. The Hall–Kier alpha value is -2.40. The fourth-order valence-corrected chi connectivity index (χ4v) is 3.29. The van der Waals surface area contributed by atoms with E-state index in [2.05, 4.69) is 22.8 Å². The van der Waals surface area contributed by atoms with Crippen LogP contribution in [0.3, 0.4) is 0 Å². The number of thiophene rings is 1. The number of hydrogen-bond donors (Lipinski definition) is 1. The minimum Gasteiger partial charge on any atom is -0.484 e. The van der Waals surface area contributed by atoms with Crippen molar-refractivity contribution in [2.45, 2.75) is 6.42 Å². The molecule has 0 aliphatic heterocycles. The van der Waals surface area contributed by atoms with Gasteiger partial charge in [-0.15, -0.1) is 11.3 Å². The van der Waals surface area contributed by atoms with E-state index in [9.17, 15) is 9.18 Å². The predicted molar refractivity (Wildman–Crippen MR) is 90.4 cm³/mol. The van der Waals surface area contributed by atoms with Crippen LogP contribution in [0.1, 0.15) is 5.56 Å². The lowest BCUT2D eigenvalue weighted by Gasteiger charge is -2.07. The summed E-state index contributed by atoms with van der Waals surface area (Å²) in [6.45, 7) is 0.488. The van der Waals surface area contributed by atoms with Gasteiger partial charge in [0.25, 0.3) is 5.91 Å². The van der Waals surface area contributed by atoms with Gasteiger partial charge in [-0.2, -0.15) is 0 Å². The van der Waals surface area contributed by atoms with Gasteiger partial charge in [-0.3, -0.25) is 4.79 Å². The third-order valence-electron chi connectivity index (χ3n) is 3.46. The third-order valence-corrected chi connectivity index (χ3v) is 4.47. The van der Waals surface area contributed by atoms with Crippen molar-refractivity contribution in [3.05, 3.63) is 65.3 Å². The Labute approximate surface area is 137 Å². The molecule has 0 atom stereocenters. The number of hydrogen-bond acceptors (Lipinski definition) is 3. The molecule has 118 valence electrons. The molecule has 0 unspecified atom stereocenters. The zero-order valence-electron chi connectivity index (χ0n) is 12.4. The van der Waals surface area contributed by atoms with Crippen molar-refractivity contribution in [1.29, 1.82) is 0 Å². The molecule has 0 bridgehead atoms. The maximum Gasteiger partial charge on any atom is 0.257 e. The average Bonchev–Trinajstić information content (AvgIpc) is 2.98. The van der Waals surface area contributed by atoms with Crippen LogP contribution in [0.5, 0.6) is 5.75 Å². The van der Waals surface area contributed by atoms with E-state index in [1.54, 1.807) is 11.3 Å². The number of nitrogens with one attached hydrogen (secondary N) is 1. The number of carbonyl (C=O) groups is 1. The van der Waals surface area contributed by atoms with Crippen LogP contribution in [0.25, 0.3) is 10.1 Å². The fourth-order valence-electron chi connectivity index (χ4n) is 2.29.